The minimum Gasteiger partial charge on any atom is -0.352 e. The van der Waals surface area contributed by atoms with Gasteiger partial charge in [-0.2, -0.15) is 11.8 Å². The van der Waals surface area contributed by atoms with Crippen molar-refractivity contribution in [2.45, 2.75) is 32.2 Å². The van der Waals surface area contributed by atoms with Gasteiger partial charge in [0.25, 0.3) is 0 Å². The zero-order chi connectivity index (χ0) is 20.1. The molecular formula is C20H29N3O3S2. The van der Waals surface area contributed by atoms with Crippen molar-refractivity contribution in [3.8, 4) is 0 Å². The van der Waals surface area contributed by atoms with Crippen molar-refractivity contribution in [2.24, 2.45) is 5.92 Å². The first kappa shape index (κ1) is 21.3. The highest BCUT2D eigenvalue weighted by Gasteiger charge is 2.30. The second-order valence-corrected chi connectivity index (χ2v) is 9.89. The molecule has 0 aromatic carbocycles. The third kappa shape index (κ3) is 5.81. The number of ketones is 1. The van der Waals surface area contributed by atoms with E-state index in [2.05, 4.69) is 10.2 Å². The topological polar surface area (TPSA) is 69.7 Å². The minimum atomic E-state index is -0.0240. The first-order chi connectivity index (χ1) is 13.4. The molecule has 1 aromatic rings. The molecule has 0 bridgehead atoms. The van der Waals surface area contributed by atoms with E-state index in [-0.39, 0.29) is 36.0 Å². The summed E-state index contributed by atoms with van der Waals surface area (Å²) < 4.78 is 0. The molecule has 0 spiro atoms. The van der Waals surface area contributed by atoms with Crippen LogP contribution in [0.4, 0.5) is 0 Å². The number of rotatable bonds is 5. The average Bonchev–Trinajstić information content (AvgIpc) is 3.05. The molecule has 2 aliphatic rings. The summed E-state index contributed by atoms with van der Waals surface area (Å²) in [5.41, 5.74) is 0.880. The average molecular weight is 424 g/mol. The van der Waals surface area contributed by atoms with Gasteiger partial charge in [0, 0.05) is 43.7 Å². The van der Waals surface area contributed by atoms with E-state index in [4.69, 9.17) is 0 Å². The molecule has 3 rings (SSSR count). The van der Waals surface area contributed by atoms with Gasteiger partial charge in [-0.3, -0.25) is 14.4 Å². The lowest BCUT2D eigenvalue weighted by Crippen LogP contribution is -2.44. The number of amides is 2. The van der Waals surface area contributed by atoms with Gasteiger partial charge in [0.15, 0.2) is 5.78 Å². The van der Waals surface area contributed by atoms with Gasteiger partial charge in [0.05, 0.1) is 17.2 Å². The smallest absolute Gasteiger partial charge is 0.227 e. The van der Waals surface area contributed by atoms with Crippen LogP contribution in [0.5, 0.6) is 0 Å². The quantitative estimate of drug-likeness (QED) is 0.733. The fourth-order valence-electron chi connectivity index (χ4n) is 3.89. The number of Topliss-reactive ketones (excluding diaryl/α,β-unsaturated/α-hetero) is 1. The van der Waals surface area contributed by atoms with Crippen LogP contribution >= 0.6 is 23.1 Å². The largest absolute Gasteiger partial charge is 0.352 e. The molecule has 0 radical (unpaired) electrons. The number of thioether (sulfide) groups is 1. The van der Waals surface area contributed by atoms with Crippen LogP contribution in [-0.2, 0) is 16.0 Å². The van der Waals surface area contributed by atoms with E-state index in [1.54, 1.807) is 6.07 Å². The van der Waals surface area contributed by atoms with Crippen molar-refractivity contribution in [3.05, 3.63) is 21.9 Å². The van der Waals surface area contributed by atoms with Gasteiger partial charge in [0.1, 0.15) is 0 Å². The summed E-state index contributed by atoms with van der Waals surface area (Å²) in [5.74, 6) is 2.36. The molecule has 2 amide bonds. The summed E-state index contributed by atoms with van der Waals surface area (Å²) >= 11 is 3.29. The fraction of sp³-hybridized carbons (Fsp3) is 0.650. The normalized spacial score (nSPS) is 23.9. The summed E-state index contributed by atoms with van der Waals surface area (Å²) in [4.78, 5) is 41.6. The summed E-state index contributed by atoms with van der Waals surface area (Å²) in [6.45, 7) is 4.76. The van der Waals surface area contributed by atoms with Gasteiger partial charge >= 0.3 is 0 Å². The predicted octanol–water partition coefficient (Wildman–Crippen LogP) is 1.90. The molecule has 8 heteroatoms. The van der Waals surface area contributed by atoms with E-state index >= 15 is 0 Å². The number of nitrogens with one attached hydrogen (secondary N) is 1. The molecule has 154 valence electrons. The highest BCUT2D eigenvalue weighted by atomic mass is 32.2. The summed E-state index contributed by atoms with van der Waals surface area (Å²) in [6.07, 6.45) is 1.92. The van der Waals surface area contributed by atoms with Crippen molar-refractivity contribution < 1.29 is 14.4 Å². The zero-order valence-electron chi connectivity index (χ0n) is 16.6. The molecule has 2 fully saturated rings. The molecule has 6 nitrogen and oxygen atoms in total. The van der Waals surface area contributed by atoms with E-state index in [0.29, 0.717) is 4.88 Å². The van der Waals surface area contributed by atoms with E-state index in [0.717, 1.165) is 56.1 Å². The molecule has 2 aliphatic heterocycles. The van der Waals surface area contributed by atoms with Crippen LogP contribution in [0.25, 0.3) is 0 Å². The molecule has 0 unspecified atom stereocenters. The highest BCUT2D eigenvalue weighted by Crippen LogP contribution is 2.21. The number of carbonyl (C=O) groups excluding carboxylic acids is 3. The fourth-order valence-corrected chi connectivity index (χ4v) is 5.61. The van der Waals surface area contributed by atoms with Crippen LogP contribution in [0, 0.1) is 5.92 Å². The van der Waals surface area contributed by atoms with Crippen LogP contribution in [0.3, 0.4) is 0 Å². The number of thiophene rings is 1. The van der Waals surface area contributed by atoms with E-state index in [1.165, 1.54) is 18.3 Å². The maximum Gasteiger partial charge on any atom is 0.227 e. The molecular weight excluding hydrogens is 394 g/mol. The van der Waals surface area contributed by atoms with Gasteiger partial charge in [-0.15, -0.1) is 11.3 Å². The lowest BCUT2D eigenvalue weighted by Gasteiger charge is -2.30. The lowest BCUT2D eigenvalue weighted by molar-refractivity contribution is -0.135. The van der Waals surface area contributed by atoms with Gasteiger partial charge in [0.2, 0.25) is 11.8 Å². The summed E-state index contributed by atoms with van der Waals surface area (Å²) in [6, 6.07) is 1.86. The Hall–Kier alpha value is -1.38. The Morgan fingerprint density at radius 3 is 2.61 bits per heavy atom. The maximum absolute atomic E-state index is 12.9. The Labute approximate surface area is 175 Å². The number of likely N-dealkylation sites (N-methyl/N-ethyl adjacent to an activating group) is 1. The van der Waals surface area contributed by atoms with Crippen molar-refractivity contribution in [1.82, 2.24) is 15.1 Å². The van der Waals surface area contributed by atoms with Gasteiger partial charge < -0.3 is 15.1 Å². The van der Waals surface area contributed by atoms with E-state index in [1.807, 2.05) is 29.1 Å². The molecule has 0 aliphatic carbocycles. The zero-order valence-corrected chi connectivity index (χ0v) is 18.2. The Morgan fingerprint density at radius 1 is 1.18 bits per heavy atom. The van der Waals surface area contributed by atoms with E-state index < -0.39 is 0 Å². The number of nitrogens with zero attached hydrogens (tertiary/aromatic N) is 2. The first-order valence-corrected chi connectivity index (χ1v) is 11.9. The lowest BCUT2D eigenvalue weighted by atomic mass is 10.00. The molecule has 1 N–H and O–H groups in total. The Bertz CT molecular complexity index is 715. The Morgan fingerprint density at radius 2 is 1.93 bits per heavy atom. The molecule has 28 heavy (non-hydrogen) atoms. The number of hydrogen-bond acceptors (Lipinski definition) is 6. The molecule has 2 saturated heterocycles. The third-order valence-corrected chi connectivity index (χ3v) is 7.35. The molecule has 1 aromatic heterocycles. The minimum absolute atomic E-state index is 0.0185. The standard InChI is InChI=1S/C20H29N3O3S2/c1-14(24)18-9-15(13-28-18)10-19(25)21-17-4-3-16(11-22(2)12-17)20(26)23-5-7-27-8-6-23/h9,13,16-17H,3-8,10-12H2,1-2H3,(H,21,25)/t16-,17+/m1/s1. The maximum atomic E-state index is 12.9. The Kier molecular flexibility index (Phi) is 7.54. The monoisotopic (exact) mass is 423 g/mol. The first-order valence-electron chi connectivity index (χ1n) is 9.85. The summed E-state index contributed by atoms with van der Waals surface area (Å²) in [7, 11) is 2.02. The van der Waals surface area contributed by atoms with Crippen LogP contribution in [0.1, 0.15) is 35.0 Å². The number of likely N-dealkylation sites (tertiary alicyclic amines) is 1. The highest BCUT2D eigenvalue weighted by molar-refractivity contribution is 7.99. The van der Waals surface area contributed by atoms with Gasteiger partial charge in [-0.1, -0.05) is 0 Å². The van der Waals surface area contributed by atoms with Crippen LogP contribution in [0.2, 0.25) is 0 Å². The second kappa shape index (κ2) is 9.89. The van der Waals surface area contributed by atoms with Crippen molar-refractivity contribution in [2.75, 3.05) is 44.7 Å². The van der Waals surface area contributed by atoms with Crippen molar-refractivity contribution in [3.63, 3.8) is 0 Å². The van der Waals surface area contributed by atoms with Crippen LogP contribution < -0.4 is 5.32 Å². The third-order valence-electron chi connectivity index (χ3n) is 5.33. The van der Waals surface area contributed by atoms with Crippen molar-refractivity contribution >= 4 is 40.7 Å². The van der Waals surface area contributed by atoms with Gasteiger partial charge in [-0.25, -0.2) is 0 Å². The van der Waals surface area contributed by atoms with Crippen LogP contribution in [-0.4, -0.2) is 78.2 Å². The van der Waals surface area contributed by atoms with Crippen LogP contribution in [0.15, 0.2) is 11.4 Å². The second-order valence-electron chi connectivity index (χ2n) is 7.75. The SMILES string of the molecule is CC(=O)c1cc(CC(=O)N[C@H]2CC[C@@H](C(=O)N3CCSCC3)CN(C)C2)cs1. The summed E-state index contributed by atoms with van der Waals surface area (Å²) in [5, 5.41) is 5.00. The predicted molar refractivity (Wildman–Crippen MR) is 114 cm³/mol. The number of hydrogen-bond donors (Lipinski definition) is 1. The molecule has 0 saturated carbocycles. The number of carbonyl (C=O) groups is 3. The Balaban J connectivity index is 1.51. The van der Waals surface area contributed by atoms with E-state index in [9.17, 15) is 14.4 Å². The van der Waals surface area contributed by atoms with Crippen molar-refractivity contribution in [1.29, 1.82) is 0 Å². The molecule has 3 heterocycles. The van der Waals surface area contributed by atoms with Gasteiger partial charge in [-0.05, 0) is 43.8 Å². The molecule has 2 atom stereocenters.